The molecule has 1 atom stereocenters. The maximum atomic E-state index is 13.0. The number of allylic oxidation sites excluding steroid dienone is 1. The van der Waals surface area contributed by atoms with Crippen LogP contribution < -0.4 is 5.32 Å². The average molecular weight is 235 g/mol. The van der Waals surface area contributed by atoms with E-state index in [2.05, 4.69) is 18.8 Å². The van der Waals surface area contributed by atoms with Crippen LogP contribution in [0.2, 0.25) is 0 Å². The van der Waals surface area contributed by atoms with E-state index in [1.165, 1.54) is 18.9 Å². The Morgan fingerprint density at radius 3 is 2.88 bits per heavy atom. The van der Waals surface area contributed by atoms with E-state index in [0.717, 1.165) is 24.9 Å². The number of hydrogen-bond donors (Lipinski definition) is 1. The van der Waals surface area contributed by atoms with Crippen molar-refractivity contribution in [2.24, 2.45) is 0 Å². The van der Waals surface area contributed by atoms with E-state index in [9.17, 15) is 4.39 Å². The number of nitrogens with one attached hydrogen (secondary N) is 1. The summed E-state index contributed by atoms with van der Waals surface area (Å²) in [6.45, 7) is 6.75. The molecule has 0 amide bonds. The van der Waals surface area contributed by atoms with Gasteiger partial charge in [0.2, 0.25) is 0 Å². The van der Waals surface area contributed by atoms with Crippen LogP contribution in [0.25, 0.3) is 0 Å². The van der Waals surface area contributed by atoms with Gasteiger partial charge >= 0.3 is 0 Å². The third-order valence-electron chi connectivity index (χ3n) is 2.88. The van der Waals surface area contributed by atoms with Crippen molar-refractivity contribution >= 4 is 0 Å². The second-order valence-electron chi connectivity index (χ2n) is 4.37. The molecule has 1 aromatic rings. The lowest BCUT2D eigenvalue weighted by atomic mass is 10.1. The molecule has 94 valence electrons. The Labute approximate surface area is 104 Å². The van der Waals surface area contributed by atoms with E-state index >= 15 is 0 Å². The van der Waals surface area contributed by atoms with Crippen molar-refractivity contribution in [2.75, 3.05) is 6.54 Å². The number of benzene rings is 1. The molecule has 1 nitrogen and oxygen atoms in total. The Kier molecular flexibility index (Phi) is 6.56. The highest BCUT2D eigenvalue weighted by molar-refractivity contribution is 5.19. The lowest BCUT2D eigenvalue weighted by molar-refractivity contribution is 0.535. The second kappa shape index (κ2) is 8.02. The number of unbranched alkanes of at least 4 members (excludes halogenated alkanes) is 3. The van der Waals surface area contributed by atoms with Crippen LogP contribution >= 0.6 is 0 Å². The van der Waals surface area contributed by atoms with Crippen molar-refractivity contribution in [1.82, 2.24) is 5.32 Å². The molecule has 0 spiro atoms. The van der Waals surface area contributed by atoms with Crippen LogP contribution in [0.1, 0.15) is 44.2 Å². The summed E-state index contributed by atoms with van der Waals surface area (Å²) in [5.74, 6) is -0.165. The van der Waals surface area contributed by atoms with Crippen LogP contribution in [-0.4, -0.2) is 6.54 Å². The first-order valence-corrected chi connectivity index (χ1v) is 6.34. The molecule has 17 heavy (non-hydrogen) atoms. The Hall–Kier alpha value is -1.15. The monoisotopic (exact) mass is 235 g/mol. The number of halogens is 1. The van der Waals surface area contributed by atoms with Crippen molar-refractivity contribution in [3.8, 4) is 0 Å². The zero-order chi connectivity index (χ0) is 12.5. The summed E-state index contributed by atoms with van der Waals surface area (Å²) in [5.41, 5.74) is 1.01. The fourth-order valence-electron chi connectivity index (χ4n) is 1.80. The highest BCUT2D eigenvalue weighted by Crippen LogP contribution is 2.13. The van der Waals surface area contributed by atoms with E-state index < -0.39 is 0 Å². The van der Waals surface area contributed by atoms with E-state index in [1.54, 1.807) is 12.1 Å². The minimum absolute atomic E-state index is 0.165. The van der Waals surface area contributed by atoms with Crippen molar-refractivity contribution in [2.45, 2.75) is 38.6 Å². The van der Waals surface area contributed by atoms with Crippen LogP contribution in [0.4, 0.5) is 4.39 Å². The minimum Gasteiger partial charge on any atom is -0.310 e. The SMILES string of the molecule is C=CCCCCCNC(C)c1cccc(F)c1. The molecule has 1 rings (SSSR count). The third kappa shape index (κ3) is 5.64. The molecular weight excluding hydrogens is 213 g/mol. The summed E-state index contributed by atoms with van der Waals surface area (Å²) in [6, 6.07) is 7.00. The van der Waals surface area contributed by atoms with E-state index in [4.69, 9.17) is 0 Å². The predicted octanol–water partition coefficient (Wildman–Crippen LogP) is 4.22. The Morgan fingerprint density at radius 2 is 2.18 bits per heavy atom. The van der Waals surface area contributed by atoms with Crippen molar-refractivity contribution < 1.29 is 4.39 Å². The lowest BCUT2D eigenvalue weighted by Crippen LogP contribution is -2.19. The zero-order valence-electron chi connectivity index (χ0n) is 10.6. The van der Waals surface area contributed by atoms with Gasteiger partial charge in [0, 0.05) is 6.04 Å². The maximum Gasteiger partial charge on any atom is 0.123 e. The standard InChI is InChI=1S/C15H22FN/c1-3-4-5-6-7-11-17-13(2)14-9-8-10-15(16)12-14/h3,8-10,12-13,17H,1,4-7,11H2,2H3. The van der Waals surface area contributed by atoms with Gasteiger partial charge in [-0.2, -0.15) is 0 Å². The molecule has 1 N–H and O–H groups in total. The third-order valence-corrected chi connectivity index (χ3v) is 2.88. The molecule has 0 aliphatic heterocycles. The van der Waals surface area contributed by atoms with E-state index in [-0.39, 0.29) is 11.9 Å². The topological polar surface area (TPSA) is 12.0 Å². The first-order chi connectivity index (χ1) is 8.24. The van der Waals surface area contributed by atoms with Crippen molar-refractivity contribution in [1.29, 1.82) is 0 Å². The molecule has 0 fully saturated rings. The number of rotatable bonds is 8. The largest absolute Gasteiger partial charge is 0.310 e. The fourth-order valence-corrected chi connectivity index (χ4v) is 1.80. The molecule has 0 aliphatic carbocycles. The fraction of sp³-hybridized carbons (Fsp3) is 0.467. The molecule has 1 aromatic carbocycles. The molecule has 0 saturated carbocycles. The van der Waals surface area contributed by atoms with Gasteiger partial charge in [-0.05, 0) is 50.4 Å². The first-order valence-electron chi connectivity index (χ1n) is 6.34. The van der Waals surface area contributed by atoms with Crippen LogP contribution in [0.3, 0.4) is 0 Å². The van der Waals surface area contributed by atoms with Crippen LogP contribution in [0.15, 0.2) is 36.9 Å². The molecule has 0 heterocycles. The van der Waals surface area contributed by atoms with Crippen LogP contribution in [0, 0.1) is 5.82 Å². The Morgan fingerprint density at radius 1 is 1.35 bits per heavy atom. The van der Waals surface area contributed by atoms with Gasteiger partial charge in [-0.15, -0.1) is 6.58 Å². The van der Waals surface area contributed by atoms with Gasteiger partial charge in [0.05, 0.1) is 0 Å². The Balaban J connectivity index is 2.21. The van der Waals surface area contributed by atoms with Gasteiger partial charge in [-0.3, -0.25) is 0 Å². The molecule has 0 radical (unpaired) electrons. The summed E-state index contributed by atoms with van der Waals surface area (Å²) in [6.07, 6.45) is 6.64. The summed E-state index contributed by atoms with van der Waals surface area (Å²) in [5, 5.41) is 3.41. The highest BCUT2D eigenvalue weighted by atomic mass is 19.1. The van der Waals surface area contributed by atoms with Crippen LogP contribution in [0.5, 0.6) is 0 Å². The minimum atomic E-state index is -0.165. The average Bonchev–Trinajstić information content (AvgIpc) is 2.33. The van der Waals surface area contributed by atoms with E-state index in [0.29, 0.717) is 0 Å². The van der Waals surface area contributed by atoms with Gasteiger partial charge < -0.3 is 5.32 Å². The normalized spacial score (nSPS) is 12.4. The van der Waals surface area contributed by atoms with Gasteiger partial charge in [-0.25, -0.2) is 4.39 Å². The van der Waals surface area contributed by atoms with Gasteiger partial charge in [0.25, 0.3) is 0 Å². The van der Waals surface area contributed by atoms with Gasteiger partial charge in [0.15, 0.2) is 0 Å². The van der Waals surface area contributed by atoms with E-state index in [1.807, 2.05) is 12.1 Å². The molecule has 2 heteroatoms. The summed E-state index contributed by atoms with van der Waals surface area (Å²) in [4.78, 5) is 0. The smallest absolute Gasteiger partial charge is 0.123 e. The van der Waals surface area contributed by atoms with Crippen LogP contribution in [-0.2, 0) is 0 Å². The number of hydrogen-bond acceptors (Lipinski definition) is 1. The molecule has 0 bridgehead atoms. The summed E-state index contributed by atoms with van der Waals surface area (Å²) in [7, 11) is 0. The van der Waals surface area contributed by atoms with Crippen molar-refractivity contribution in [3.05, 3.63) is 48.3 Å². The Bertz CT molecular complexity index is 335. The summed E-state index contributed by atoms with van der Waals surface area (Å²) < 4.78 is 13.0. The zero-order valence-corrected chi connectivity index (χ0v) is 10.6. The molecule has 0 saturated heterocycles. The molecule has 0 aromatic heterocycles. The molecule has 0 aliphatic rings. The van der Waals surface area contributed by atoms with Gasteiger partial charge in [-0.1, -0.05) is 24.6 Å². The lowest BCUT2D eigenvalue weighted by Gasteiger charge is -2.14. The molecular formula is C15H22FN. The highest BCUT2D eigenvalue weighted by Gasteiger charge is 2.04. The summed E-state index contributed by atoms with van der Waals surface area (Å²) >= 11 is 0. The first kappa shape index (κ1) is 13.9. The van der Waals surface area contributed by atoms with Gasteiger partial charge in [0.1, 0.15) is 5.82 Å². The maximum absolute atomic E-state index is 13.0. The van der Waals surface area contributed by atoms with Crippen molar-refractivity contribution in [3.63, 3.8) is 0 Å². The quantitative estimate of drug-likeness (QED) is 0.525. The molecule has 1 unspecified atom stereocenters. The predicted molar refractivity (Wildman–Crippen MR) is 71.5 cm³/mol. The second-order valence-corrected chi connectivity index (χ2v) is 4.37.